The molecule has 110 heavy (non-hydrogen) atoms. The van der Waals surface area contributed by atoms with Crippen LogP contribution in [0.25, 0.3) is 10.9 Å². The molecule has 30 N–H and O–H groups in total. The van der Waals surface area contributed by atoms with Crippen molar-refractivity contribution in [2.75, 3.05) is 19.6 Å². The highest BCUT2D eigenvalue weighted by molar-refractivity contribution is 6.00. The maximum atomic E-state index is 14.6. The maximum Gasteiger partial charge on any atom is 0.326 e. The number of H-pyrrole nitrogens is 2. The highest BCUT2D eigenvalue weighted by Crippen LogP contribution is 2.20. The van der Waals surface area contributed by atoms with Gasteiger partial charge >= 0.3 is 17.9 Å². The van der Waals surface area contributed by atoms with E-state index in [4.69, 9.17) is 40.1 Å². The fourth-order valence-electron chi connectivity index (χ4n) is 11.3. The molecule has 41 heteroatoms. The summed E-state index contributed by atoms with van der Waals surface area (Å²) in [6.07, 6.45) is 1.05. The molecule has 3 aromatic rings. The zero-order chi connectivity index (χ0) is 82.5. The van der Waals surface area contributed by atoms with Crippen LogP contribution in [0.15, 0.2) is 53.0 Å². The molecule has 0 aliphatic heterocycles. The van der Waals surface area contributed by atoms with Crippen molar-refractivity contribution in [1.82, 2.24) is 73.4 Å². The number of carbonyl (C=O) groups excluding carboxylic acids is 12. The number of unbranched alkanes of at least 4 members (excludes halogenated alkanes) is 1. The van der Waals surface area contributed by atoms with Gasteiger partial charge < -0.3 is 124 Å². The second-order valence-electron chi connectivity index (χ2n) is 27.8. The van der Waals surface area contributed by atoms with Crippen LogP contribution in [0, 0.1) is 17.8 Å². The summed E-state index contributed by atoms with van der Waals surface area (Å²) in [7, 11) is 0. The fraction of sp³-hybridized carbons (Fsp3) is 0.594. The number of primary amides is 1. The maximum absolute atomic E-state index is 14.6. The topological polar surface area (TPSA) is 700 Å². The highest BCUT2D eigenvalue weighted by Gasteiger charge is 2.38. The van der Waals surface area contributed by atoms with Crippen LogP contribution in [0.5, 0.6) is 0 Å². The van der Waals surface area contributed by atoms with Gasteiger partial charge in [0.15, 0.2) is 11.9 Å². The molecule has 0 radical (unpaired) electrons. The number of imidazole rings is 1. The number of amides is 12. The molecule has 0 saturated heterocycles. The second-order valence-corrected chi connectivity index (χ2v) is 27.8. The first kappa shape index (κ1) is 92.7. The molecule has 0 bridgehead atoms. The van der Waals surface area contributed by atoms with Crippen LogP contribution in [-0.2, 0) is 84.8 Å². The SMILES string of the molecule is CC(C)C[C@H](NC(=O)[C@H](CCC(=O)O)NC(=O)[C@H](CCCN=C(N)N)NC(=O)[C@H](CC(C)C)NC(=O)[C@H](CCC(=O)O)NC(=O)[C@H](CC(N)=O)NC(=O)[C@@H](NC(=O)[C@H](Cc1cnc[nH]1)NC(=O)[C@@H](N)CCCCN)C(C)C)C(=O)N[C@@H](C)C(=O)N[C@@H](CCCN=C(N)N)C(=O)N[C@@H](Cc1c[nH]c2ccccc12)C(=O)O. The fourth-order valence-corrected chi connectivity index (χ4v) is 11.3. The van der Waals surface area contributed by atoms with Gasteiger partial charge in [0.2, 0.25) is 70.9 Å². The molecule has 0 fully saturated rings. The minimum Gasteiger partial charge on any atom is -0.481 e. The van der Waals surface area contributed by atoms with E-state index in [0.717, 1.165) is 10.9 Å². The summed E-state index contributed by atoms with van der Waals surface area (Å²) in [4.78, 5) is 223. The number of hydrogen-bond acceptors (Lipinski definition) is 20. The Morgan fingerprint density at radius 1 is 0.464 bits per heavy atom. The smallest absolute Gasteiger partial charge is 0.326 e. The normalized spacial score (nSPS) is 14.5. The van der Waals surface area contributed by atoms with Crippen molar-refractivity contribution in [2.24, 2.45) is 67.9 Å². The van der Waals surface area contributed by atoms with E-state index in [1.54, 1.807) is 58.2 Å². The summed E-state index contributed by atoms with van der Waals surface area (Å²) < 4.78 is 0. The monoisotopic (exact) mass is 1550 g/mol. The third-order valence-corrected chi connectivity index (χ3v) is 17.1. The number of aliphatic carboxylic acids is 3. The van der Waals surface area contributed by atoms with Crippen LogP contribution in [0.2, 0.25) is 0 Å². The molecule has 12 amide bonds. The number of benzene rings is 1. The van der Waals surface area contributed by atoms with Crippen molar-refractivity contribution < 1.29 is 87.2 Å². The van der Waals surface area contributed by atoms with Crippen LogP contribution in [0.3, 0.4) is 0 Å². The van der Waals surface area contributed by atoms with E-state index >= 15 is 0 Å². The number of nitrogens with one attached hydrogen (secondary N) is 13. The van der Waals surface area contributed by atoms with E-state index in [0.29, 0.717) is 30.6 Å². The Morgan fingerprint density at radius 2 is 0.900 bits per heavy atom. The molecule has 0 spiro atoms. The van der Waals surface area contributed by atoms with Crippen LogP contribution in [0.4, 0.5) is 0 Å². The number of rotatable bonds is 52. The molecule has 0 unspecified atom stereocenters. The molecular weight excluding hydrogens is 1440 g/mol. The lowest BCUT2D eigenvalue weighted by Gasteiger charge is -2.29. The lowest BCUT2D eigenvalue weighted by atomic mass is 10.00. The first-order chi connectivity index (χ1) is 51.8. The van der Waals surface area contributed by atoms with Gasteiger partial charge in [-0.2, -0.15) is 0 Å². The number of nitrogens with two attached hydrogens (primary N) is 7. The van der Waals surface area contributed by atoms with Crippen LogP contribution < -0.4 is 98.6 Å². The molecule has 0 saturated carbocycles. The molecule has 1 aromatic carbocycles. The number of aromatic amines is 2. The summed E-state index contributed by atoms with van der Waals surface area (Å²) in [5.41, 5.74) is 41.1. The summed E-state index contributed by atoms with van der Waals surface area (Å²) in [6.45, 7) is 11.2. The average Bonchev–Trinajstić information content (AvgIpc) is 1.62. The average molecular weight is 1550 g/mol. The van der Waals surface area contributed by atoms with Gasteiger partial charge in [0.05, 0.1) is 18.8 Å². The second kappa shape index (κ2) is 47.3. The van der Waals surface area contributed by atoms with Gasteiger partial charge in [-0.15, -0.1) is 0 Å². The Kier molecular flexibility index (Phi) is 39.9. The van der Waals surface area contributed by atoms with Gasteiger partial charge in [0.1, 0.15) is 66.5 Å². The number of aliphatic imine (C=N–C) groups is 2. The van der Waals surface area contributed by atoms with Gasteiger partial charge in [-0.05, 0) is 107 Å². The molecule has 3 rings (SSSR count). The third-order valence-electron chi connectivity index (χ3n) is 17.1. The third kappa shape index (κ3) is 34.2. The van der Waals surface area contributed by atoms with Crippen molar-refractivity contribution >= 4 is 112 Å². The number of aromatic nitrogens is 3. The van der Waals surface area contributed by atoms with Gasteiger partial charge in [-0.25, -0.2) is 9.78 Å². The summed E-state index contributed by atoms with van der Waals surface area (Å²) in [6, 6.07) is -11.3. The van der Waals surface area contributed by atoms with Crippen molar-refractivity contribution in [3.8, 4) is 0 Å². The van der Waals surface area contributed by atoms with Crippen molar-refractivity contribution in [2.45, 2.75) is 224 Å². The van der Waals surface area contributed by atoms with Gasteiger partial charge in [0, 0.05) is 67.8 Å². The molecule has 2 aromatic heterocycles. The first-order valence-corrected chi connectivity index (χ1v) is 36.2. The lowest BCUT2D eigenvalue weighted by Crippen LogP contribution is -2.61. The molecule has 0 aliphatic rings. The standard InChI is InChI=1S/C69H111N23O18/c1-34(2)26-47(62(104)82-37(7)56(98)83-43(17-12-24-78-68(73)74)59(101)91-51(67(109)110)28-38-31-80-42-16-9-8-14-40(38)42)88-60(102)45(19-21-53(94)95)85-58(100)44(18-13-25-79-69(75)76)84-63(105)48(27-35(3)4)89-61(103)46(20-22-54(96)97)86-64(106)50(30-52(72)93)90-66(108)55(36(5)6)92-65(107)49(29-39-32-77-33-81-39)87-57(99)41(71)15-10-11-23-70/h8-9,14,16,31-37,41,43-51,55,80H,10-13,15,17-30,70-71H2,1-7H3,(H2,72,93)(H,77,81)(H,82,104)(H,83,98)(H,84,105)(H,85,100)(H,86,106)(H,87,99)(H,88,102)(H,89,103)(H,90,108)(H,91,101)(H,92,107)(H,94,95)(H,96,97)(H,109,110)(H4,73,74,78)(H4,75,76,79)/t37-,41-,43-,44-,45-,46-,47-,48-,49-,50-,51-,55-/m0/s1. The predicted molar refractivity (Wildman–Crippen MR) is 401 cm³/mol. The molecule has 2 heterocycles. The van der Waals surface area contributed by atoms with Gasteiger partial charge in [-0.3, -0.25) is 77.1 Å². The number of fused-ring (bicyclic) bond motifs is 1. The minimum absolute atomic E-state index is 0.00829. The largest absolute Gasteiger partial charge is 0.481 e. The molecule has 610 valence electrons. The van der Waals surface area contributed by atoms with E-state index in [-0.39, 0.29) is 88.7 Å². The molecule has 0 aliphatic carbocycles. The predicted octanol–water partition coefficient (Wildman–Crippen LogP) is -4.97. The molecule has 12 atom stereocenters. The van der Waals surface area contributed by atoms with E-state index in [2.05, 4.69) is 83.4 Å². The van der Waals surface area contributed by atoms with Crippen LogP contribution in [-0.4, -0.2) is 223 Å². The van der Waals surface area contributed by atoms with E-state index in [1.807, 2.05) is 0 Å². The number of guanidine groups is 2. The van der Waals surface area contributed by atoms with E-state index in [1.165, 1.54) is 33.3 Å². The summed E-state index contributed by atoms with van der Waals surface area (Å²) in [5.74, 6) is -18.6. The number of hydrogen-bond donors (Lipinski definition) is 23. The molecular formula is C69H111N23O18. The number of carbonyl (C=O) groups is 15. The van der Waals surface area contributed by atoms with E-state index in [9.17, 15) is 87.2 Å². The number of carboxylic acids is 3. The Balaban J connectivity index is 1.92. The minimum atomic E-state index is -1.89. The van der Waals surface area contributed by atoms with Crippen molar-refractivity contribution in [3.63, 3.8) is 0 Å². The Bertz CT molecular complexity index is 3670. The Labute approximate surface area is 635 Å². The highest BCUT2D eigenvalue weighted by atomic mass is 16.4. The van der Waals surface area contributed by atoms with Crippen molar-refractivity contribution in [3.05, 3.63) is 54.2 Å². The summed E-state index contributed by atoms with van der Waals surface area (Å²) in [5, 5.41) is 57.9. The van der Waals surface area contributed by atoms with Gasteiger partial charge in [0.25, 0.3) is 0 Å². The zero-order valence-electron chi connectivity index (χ0n) is 63.0. The molecule has 41 nitrogen and oxygen atoms in total. The van der Waals surface area contributed by atoms with Crippen molar-refractivity contribution in [1.29, 1.82) is 0 Å². The Hall–Kier alpha value is -11.5. The van der Waals surface area contributed by atoms with E-state index < -0.39 is 205 Å². The lowest BCUT2D eigenvalue weighted by molar-refractivity contribution is -0.142. The number of carboxylic acid groups (broad SMARTS) is 3. The van der Waals surface area contributed by atoms with Gasteiger partial charge in [-0.1, -0.05) is 66.2 Å². The quantitative estimate of drug-likeness (QED) is 0.0143. The number of para-hydroxylation sites is 1. The first-order valence-electron chi connectivity index (χ1n) is 36.2. The van der Waals surface area contributed by atoms with Crippen LogP contribution in [0.1, 0.15) is 150 Å². The van der Waals surface area contributed by atoms with Crippen LogP contribution >= 0.6 is 0 Å². The Morgan fingerprint density at radius 3 is 1.35 bits per heavy atom. The zero-order valence-corrected chi connectivity index (χ0v) is 63.0. The summed E-state index contributed by atoms with van der Waals surface area (Å²) >= 11 is 0. The number of nitrogens with zero attached hydrogens (tertiary/aromatic N) is 3.